The van der Waals surface area contributed by atoms with Gasteiger partial charge in [-0.3, -0.25) is 0 Å². The van der Waals surface area contributed by atoms with Gasteiger partial charge in [0.25, 0.3) is 0 Å². The molecule has 0 saturated heterocycles. The molecule has 0 amide bonds. The number of ether oxygens (including phenoxy) is 1. The molecule has 2 aromatic rings. The van der Waals surface area contributed by atoms with Gasteiger partial charge in [0.2, 0.25) is 0 Å². The summed E-state index contributed by atoms with van der Waals surface area (Å²) in [5.74, 6) is -1.23. The molecule has 1 aliphatic rings. The van der Waals surface area contributed by atoms with E-state index < -0.39 is 17.6 Å². The Morgan fingerprint density at radius 1 is 1.27 bits per heavy atom. The number of esters is 1. The van der Waals surface area contributed by atoms with E-state index in [2.05, 4.69) is 18.8 Å². The Kier molecular flexibility index (Phi) is 5.20. The minimum absolute atomic E-state index is 0.112. The lowest BCUT2D eigenvalue weighted by atomic mass is 9.82. The molecule has 1 atom stereocenters. The van der Waals surface area contributed by atoms with E-state index in [0.717, 1.165) is 17.2 Å². The van der Waals surface area contributed by atoms with E-state index in [4.69, 9.17) is 4.74 Å². The van der Waals surface area contributed by atoms with Crippen LogP contribution in [0.3, 0.4) is 0 Å². The second-order valence-corrected chi connectivity index (χ2v) is 6.85. The van der Waals surface area contributed by atoms with Gasteiger partial charge in [0.15, 0.2) is 0 Å². The van der Waals surface area contributed by atoms with Gasteiger partial charge in [0.1, 0.15) is 17.3 Å². The van der Waals surface area contributed by atoms with Crippen LogP contribution in [0.1, 0.15) is 48.3 Å². The van der Waals surface area contributed by atoms with Crippen molar-refractivity contribution in [2.75, 3.05) is 18.1 Å². The Morgan fingerprint density at radius 2 is 1.96 bits per heavy atom. The van der Waals surface area contributed by atoms with Gasteiger partial charge in [-0.2, -0.15) is 0 Å². The summed E-state index contributed by atoms with van der Waals surface area (Å²) in [6, 6.07) is 5.34. The molecule has 4 nitrogen and oxygen atoms in total. The first-order valence-electron chi connectivity index (χ1n) is 8.76. The van der Waals surface area contributed by atoms with E-state index in [9.17, 15) is 13.6 Å². The number of halogens is 2. The summed E-state index contributed by atoms with van der Waals surface area (Å²) >= 11 is 0. The molecule has 0 fully saturated rings. The number of fused-ring (bicyclic) bond motifs is 1. The molecule has 1 unspecified atom stereocenters. The predicted octanol–water partition coefficient (Wildman–Crippen LogP) is 4.30. The highest BCUT2D eigenvalue weighted by molar-refractivity contribution is 5.87. The Morgan fingerprint density at radius 3 is 2.58 bits per heavy atom. The maximum atomic E-state index is 13.6. The fraction of sp³-hybridized carbons (Fsp3) is 0.400. The summed E-state index contributed by atoms with van der Waals surface area (Å²) in [5, 5.41) is 0. The lowest BCUT2D eigenvalue weighted by Crippen LogP contribution is -2.36. The summed E-state index contributed by atoms with van der Waals surface area (Å²) in [5.41, 5.74) is 2.80. The molecule has 26 heavy (non-hydrogen) atoms. The van der Waals surface area contributed by atoms with E-state index >= 15 is 0 Å². The number of carbonyl (C=O) groups excluding carboxylic acids is 1. The Balaban J connectivity index is 1.97. The molecule has 1 aromatic carbocycles. The van der Waals surface area contributed by atoms with Gasteiger partial charge in [-0.1, -0.05) is 13.8 Å². The lowest BCUT2D eigenvalue weighted by molar-refractivity contribution is 0.0519. The molecule has 0 spiro atoms. The predicted molar refractivity (Wildman–Crippen MR) is 95.2 cm³/mol. The largest absolute Gasteiger partial charge is 0.461 e. The smallest absolute Gasteiger partial charge is 0.356 e. The molecule has 1 aliphatic heterocycles. The zero-order chi connectivity index (χ0) is 18.8. The highest BCUT2D eigenvalue weighted by Crippen LogP contribution is 2.36. The van der Waals surface area contributed by atoms with Gasteiger partial charge >= 0.3 is 5.97 Å². The minimum atomic E-state index is -0.595. The van der Waals surface area contributed by atoms with Crippen LogP contribution in [0.4, 0.5) is 14.5 Å². The van der Waals surface area contributed by atoms with Gasteiger partial charge < -0.3 is 9.64 Å². The van der Waals surface area contributed by atoms with E-state index in [1.807, 2.05) is 4.90 Å². The fourth-order valence-corrected chi connectivity index (χ4v) is 3.39. The number of anilines is 1. The van der Waals surface area contributed by atoms with Gasteiger partial charge in [-0.15, -0.1) is 0 Å². The molecule has 1 aromatic heterocycles. The first-order valence-corrected chi connectivity index (χ1v) is 8.76. The molecule has 138 valence electrons. The number of hydrogen-bond donors (Lipinski definition) is 0. The second-order valence-electron chi connectivity index (χ2n) is 6.85. The lowest BCUT2D eigenvalue weighted by Gasteiger charge is -2.38. The topological polar surface area (TPSA) is 42.4 Å². The van der Waals surface area contributed by atoms with Crippen molar-refractivity contribution in [3.8, 4) is 0 Å². The molecule has 0 N–H and O–H groups in total. The SMILES string of the molecule is CCOC(=O)c1cc2c(cn1)CN(c1cc(F)cc(F)c1)CC2C(C)C. The maximum absolute atomic E-state index is 13.6. The van der Waals surface area contributed by atoms with E-state index in [1.54, 1.807) is 19.2 Å². The van der Waals surface area contributed by atoms with Crippen molar-refractivity contribution in [2.45, 2.75) is 33.2 Å². The van der Waals surface area contributed by atoms with Crippen molar-refractivity contribution in [3.05, 3.63) is 58.9 Å². The highest BCUT2D eigenvalue weighted by atomic mass is 19.1. The van der Waals surface area contributed by atoms with Gasteiger partial charge in [0.05, 0.1) is 6.61 Å². The zero-order valence-corrected chi connectivity index (χ0v) is 15.1. The third kappa shape index (κ3) is 3.69. The maximum Gasteiger partial charge on any atom is 0.356 e. The molecule has 0 bridgehead atoms. The van der Waals surface area contributed by atoms with Crippen molar-refractivity contribution in [1.29, 1.82) is 0 Å². The highest BCUT2D eigenvalue weighted by Gasteiger charge is 2.29. The fourth-order valence-electron chi connectivity index (χ4n) is 3.39. The summed E-state index contributed by atoms with van der Waals surface area (Å²) in [6.07, 6.45) is 1.67. The molecule has 3 rings (SSSR count). The van der Waals surface area contributed by atoms with Crippen LogP contribution in [-0.4, -0.2) is 24.1 Å². The summed E-state index contributed by atoms with van der Waals surface area (Å²) < 4.78 is 32.3. The molecular formula is C20H22F2N2O2. The van der Waals surface area contributed by atoms with Crippen LogP contribution in [-0.2, 0) is 11.3 Å². The van der Waals surface area contributed by atoms with Gasteiger partial charge in [-0.05, 0) is 42.2 Å². The number of hydrogen-bond acceptors (Lipinski definition) is 4. The van der Waals surface area contributed by atoms with E-state index in [0.29, 0.717) is 31.1 Å². The summed E-state index contributed by atoms with van der Waals surface area (Å²) in [4.78, 5) is 18.2. The molecule has 0 saturated carbocycles. The molecule has 6 heteroatoms. The number of nitrogens with zero attached hydrogens (tertiary/aromatic N) is 2. The molecule has 0 radical (unpaired) electrons. The van der Waals surface area contributed by atoms with Crippen molar-refractivity contribution in [1.82, 2.24) is 4.98 Å². The molecule has 0 aliphatic carbocycles. The number of benzene rings is 1. The number of carbonyl (C=O) groups is 1. The Hall–Kier alpha value is -2.50. The van der Waals surface area contributed by atoms with Crippen molar-refractivity contribution in [2.24, 2.45) is 5.92 Å². The molecular weight excluding hydrogens is 338 g/mol. The third-order valence-corrected chi connectivity index (χ3v) is 4.70. The summed E-state index contributed by atoms with van der Waals surface area (Å²) in [7, 11) is 0. The molecule has 2 heterocycles. The normalized spacial score (nSPS) is 16.5. The summed E-state index contributed by atoms with van der Waals surface area (Å²) in [6.45, 7) is 7.33. The standard InChI is InChI=1S/C20H22F2N2O2/c1-4-26-20(25)19-8-17-13(9-23-19)10-24(11-18(17)12(2)3)16-6-14(21)5-15(22)7-16/h5-9,12,18H,4,10-11H2,1-3H3. The average Bonchev–Trinajstić information content (AvgIpc) is 2.59. The van der Waals surface area contributed by atoms with Crippen LogP contribution in [0.2, 0.25) is 0 Å². The number of aromatic nitrogens is 1. The van der Waals surface area contributed by atoms with Crippen molar-refractivity contribution in [3.63, 3.8) is 0 Å². The van der Waals surface area contributed by atoms with Crippen molar-refractivity contribution < 1.29 is 18.3 Å². The van der Waals surface area contributed by atoms with Crippen LogP contribution >= 0.6 is 0 Å². The monoisotopic (exact) mass is 360 g/mol. The number of rotatable bonds is 4. The van der Waals surface area contributed by atoms with Crippen LogP contribution in [0.15, 0.2) is 30.5 Å². The van der Waals surface area contributed by atoms with Crippen LogP contribution < -0.4 is 4.90 Å². The Labute approximate surface area is 151 Å². The van der Waals surface area contributed by atoms with Crippen LogP contribution in [0.5, 0.6) is 0 Å². The van der Waals surface area contributed by atoms with Gasteiger partial charge in [-0.25, -0.2) is 18.6 Å². The van der Waals surface area contributed by atoms with E-state index in [1.165, 1.54) is 12.1 Å². The number of pyridine rings is 1. The third-order valence-electron chi connectivity index (χ3n) is 4.70. The van der Waals surface area contributed by atoms with Crippen molar-refractivity contribution >= 4 is 11.7 Å². The average molecular weight is 360 g/mol. The van der Waals surface area contributed by atoms with Gasteiger partial charge in [0, 0.05) is 37.0 Å². The first kappa shape index (κ1) is 18.3. The second kappa shape index (κ2) is 7.40. The van der Waals surface area contributed by atoms with Crippen LogP contribution in [0.25, 0.3) is 0 Å². The quantitative estimate of drug-likeness (QED) is 0.763. The minimum Gasteiger partial charge on any atom is -0.461 e. The first-order chi connectivity index (χ1) is 12.4. The van der Waals surface area contributed by atoms with E-state index in [-0.39, 0.29) is 11.8 Å². The zero-order valence-electron chi connectivity index (χ0n) is 15.1. The Bertz CT molecular complexity index is 803. The van der Waals surface area contributed by atoms with Crippen LogP contribution in [0, 0.1) is 17.6 Å².